The Hall–Kier alpha value is -1.24. The molecule has 0 radical (unpaired) electrons. The van der Waals surface area contributed by atoms with Gasteiger partial charge in [0.2, 0.25) is 11.8 Å². The Morgan fingerprint density at radius 3 is 2.61 bits per heavy atom. The molecule has 1 aliphatic carbocycles. The van der Waals surface area contributed by atoms with Crippen molar-refractivity contribution in [3.63, 3.8) is 0 Å². The van der Waals surface area contributed by atoms with Gasteiger partial charge in [0.05, 0.1) is 12.0 Å². The van der Waals surface area contributed by atoms with Crippen LogP contribution in [0.25, 0.3) is 0 Å². The molecular formula is C16H24N2O4S. The molecule has 0 bridgehead atoms. The highest BCUT2D eigenvalue weighted by molar-refractivity contribution is 8.01. The van der Waals surface area contributed by atoms with Crippen LogP contribution in [0.2, 0.25) is 0 Å². The Bertz CT molecular complexity index is 532. The van der Waals surface area contributed by atoms with E-state index in [0.717, 1.165) is 25.7 Å². The summed E-state index contributed by atoms with van der Waals surface area (Å²) in [6.45, 7) is 2.02. The van der Waals surface area contributed by atoms with E-state index in [1.165, 1.54) is 7.11 Å². The van der Waals surface area contributed by atoms with Crippen molar-refractivity contribution in [2.24, 2.45) is 0 Å². The molecule has 1 saturated carbocycles. The molecule has 3 fully saturated rings. The average molecular weight is 340 g/mol. The van der Waals surface area contributed by atoms with E-state index < -0.39 is 11.6 Å². The van der Waals surface area contributed by atoms with Gasteiger partial charge in [-0.15, -0.1) is 11.8 Å². The Morgan fingerprint density at radius 1 is 1.26 bits per heavy atom. The Balaban J connectivity index is 1.77. The molecule has 1 N–H and O–H groups in total. The maximum absolute atomic E-state index is 12.8. The average Bonchev–Trinajstić information content (AvgIpc) is 3.04. The molecule has 0 aromatic heterocycles. The number of esters is 1. The van der Waals surface area contributed by atoms with Crippen LogP contribution in [0.1, 0.15) is 51.9 Å². The molecule has 23 heavy (non-hydrogen) atoms. The summed E-state index contributed by atoms with van der Waals surface area (Å²) in [5.41, 5.74) is -0.920. The summed E-state index contributed by atoms with van der Waals surface area (Å²) in [6.07, 6.45) is 5.35. The minimum absolute atomic E-state index is 0.0356. The van der Waals surface area contributed by atoms with Crippen LogP contribution in [0.3, 0.4) is 0 Å². The van der Waals surface area contributed by atoms with E-state index in [4.69, 9.17) is 4.74 Å². The first-order valence-electron chi connectivity index (χ1n) is 8.28. The van der Waals surface area contributed by atoms with Crippen molar-refractivity contribution in [3.8, 4) is 0 Å². The van der Waals surface area contributed by atoms with Crippen LogP contribution in [0.4, 0.5) is 0 Å². The largest absolute Gasteiger partial charge is 0.467 e. The van der Waals surface area contributed by atoms with Crippen LogP contribution in [0.5, 0.6) is 0 Å². The number of fused-ring (bicyclic) bond motifs is 1. The molecule has 0 unspecified atom stereocenters. The minimum Gasteiger partial charge on any atom is -0.467 e. The molecule has 7 heteroatoms. The SMILES string of the molecule is COC(=O)C1(NC(=O)[C@H]2CS[C@@]3(C)CCC(=O)N23)CCCCC1. The van der Waals surface area contributed by atoms with E-state index >= 15 is 0 Å². The van der Waals surface area contributed by atoms with E-state index in [2.05, 4.69) is 5.32 Å². The lowest BCUT2D eigenvalue weighted by Gasteiger charge is -2.37. The summed E-state index contributed by atoms with van der Waals surface area (Å²) in [4.78, 5) is 38.7. The number of hydrogen-bond donors (Lipinski definition) is 1. The van der Waals surface area contributed by atoms with E-state index in [0.29, 0.717) is 25.0 Å². The van der Waals surface area contributed by atoms with Crippen LogP contribution in [0.15, 0.2) is 0 Å². The van der Waals surface area contributed by atoms with Crippen LogP contribution >= 0.6 is 11.8 Å². The molecule has 0 aromatic carbocycles. The molecule has 6 nitrogen and oxygen atoms in total. The van der Waals surface area contributed by atoms with Gasteiger partial charge in [0.25, 0.3) is 0 Å². The number of ether oxygens (including phenoxy) is 1. The Morgan fingerprint density at radius 2 is 1.96 bits per heavy atom. The van der Waals surface area contributed by atoms with Crippen LogP contribution < -0.4 is 5.32 Å². The second-order valence-corrected chi connectivity index (χ2v) is 8.39. The van der Waals surface area contributed by atoms with Gasteiger partial charge in [0.15, 0.2) is 0 Å². The fraction of sp³-hybridized carbons (Fsp3) is 0.812. The summed E-state index contributed by atoms with van der Waals surface area (Å²) in [7, 11) is 1.36. The zero-order chi connectivity index (χ0) is 16.7. The summed E-state index contributed by atoms with van der Waals surface area (Å²) in [5, 5.41) is 2.95. The fourth-order valence-corrected chi connectivity index (χ4v) is 5.50. The standard InChI is InChI=1S/C16H24N2O4S/c1-15-9-6-12(19)18(15)11(10-23-15)13(20)17-16(14(21)22-2)7-4-3-5-8-16/h11H,3-10H2,1-2H3,(H,17,20)/t11-,15+/m1/s1. The highest BCUT2D eigenvalue weighted by Gasteiger charge is 2.54. The van der Waals surface area contributed by atoms with Crippen molar-refractivity contribution < 1.29 is 19.1 Å². The predicted octanol–water partition coefficient (Wildman–Crippen LogP) is 1.43. The van der Waals surface area contributed by atoms with Gasteiger partial charge in [-0.1, -0.05) is 19.3 Å². The normalized spacial score (nSPS) is 32.5. The molecule has 2 amide bonds. The molecule has 2 saturated heterocycles. The Kier molecular flexibility index (Phi) is 4.33. The van der Waals surface area contributed by atoms with Crippen molar-refractivity contribution in [1.82, 2.24) is 10.2 Å². The highest BCUT2D eigenvalue weighted by atomic mass is 32.2. The summed E-state index contributed by atoms with van der Waals surface area (Å²) < 4.78 is 4.94. The number of nitrogens with one attached hydrogen (secondary N) is 1. The number of carbonyl (C=O) groups is 3. The van der Waals surface area contributed by atoms with Crippen molar-refractivity contribution in [1.29, 1.82) is 0 Å². The first-order valence-corrected chi connectivity index (χ1v) is 9.27. The van der Waals surface area contributed by atoms with Gasteiger partial charge < -0.3 is 15.0 Å². The van der Waals surface area contributed by atoms with Gasteiger partial charge in [-0.2, -0.15) is 0 Å². The van der Waals surface area contributed by atoms with E-state index in [9.17, 15) is 14.4 Å². The zero-order valence-corrected chi connectivity index (χ0v) is 14.5. The lowest BCUT2D eigenvalue weighted by molar-refractivity contribution is -0.153. The minimum atomic E-state index is -0.920. The topological polar surface area (TPSA) is 75.7 Å². The fourth-order valence-electron chi connectivity index (χ4n) is 4.06. The molecule has 2 atom stereocenters. The molecular weight excluding hydrogens is 316 g/mol. The van der Waals surface area contributed by atoms with Gasteiger partial charge in [-0.05, 0) is 26.2 Å². The molecule has 0 aromatic rings. The number of methoxy groups -OCH3 is 1. The number of nitrogens with zero attached hydrogens (tertiary/aromatic N) is 1. The number of hydrogen-bond acceptors (Lipinski definition) is 5. The molecule has 2 aliphatic heterocycles. The van der Waals surface area contributed by atoms with Gasteiger partial charge in [0.1, 0.15) is 11.6 Å². The third kappa shape index (κ3) is 2.73. The van der Waals surface area contributed by atoms with E-state index in [-0.39, 0.29) is 22.7 Å². The van der Waals surface area contributed by atoms with Crippen molar-refractivity contribution in [2.75, 3.05) is 12.9 Å². The molecule has 128 valence electrons. The summed E-state index contributed by atoms with van der Waals surface area (Å²) in [6, 6.07) is -0.483. The van der Waals surface area contributed by atoms with Gasteiger partial charge in [-0.25, -0.2) is 4.79 Å². The van der Waals surface area contributed by atoms with Crippen molar-refractivity contribution in [2.45, 2.75) is 68.3 Å². The second kappa shape index (κ2) is 6.00. The first-order chi connectivity index (χ1) is 10.9. The summed E-state index contributed by atoms with van der Waals surface area (Å²) in [5.74, 6) is 0.0367. The molecule has 3 aliphatic rings. The number of carbonyl (C=O) groups excluding carboxylic acids is 3. The van der Waals surface area contributed by atoms with Gasteiger partial charge >= 0.3 is 5.97 Å². The number of amides is 2. The predicted molar refractivity (Wildman–Crippen MR) is 86.7 cm³/mol. The highest BCUT2D eigenvalue weighted by Crippen LogP contribution is 2.47. The molecule has 2 heterocycles. The maximum atomic E-state index is 12.8. The third-order valence-electron chi connectivity index (χ3n) is 5.39. The first kappa shape index (κ1) is 16.6. The second-order valence-electron chi connectivity index (χ2n) is 6.89. The van der Waals surface area contributed by atoms with Crippen molar-refractivity contribution in [3.05, 3.63) is 0 Å². The summed E-state index contributed by atoms with van der Waals surface area (Å²) >= 11 is 1.66. The monoisotopic (exact) mass is 340 g/mol. The molecule has 0 spiro atoms. The van der Waals surface area contributed by atoms with Crippen LogP contribution in [-0.4, -0.2) is 52.0 Å². The molecule has 3 rings (SSSR count). The maximum Gasteiger partial charge on any atom is 0.331 e. The zero-order valence-electron chi connectivity index (χ0n) is 13.7. The smallest absolute Gasteiger partial charge is 0.331 e. The van der Waals surface area contributed by atoms with Crippen LogP contribution in [0, 0.1) is 0 Å². The van der Waals surface area contributed by atoms with E-state index in [1.807, 2.05) is 6.92 Å². The lowest BCUT2D eigenvalue weighted by Crippen LogP contribution is -2.61. The van der Waals surface area contributed by atoms with E-state index in [1.54, 1.807) is 16.7 Å². The number of rotatable bonds is 3. The third-order valence-corrected chi connectivity index (χ3v) is 6.90. The van der Waals surface area contributed by atoms with Crippen molar-refractivity contribution >= 4 is 29.5 Å². The quantitative estimate of drug-likeness (QED) is 0.787. The Labute approximate surface area is 140 Å². The number of thioether (sulfide) groups is 1. The van der Waals surface area contributed by atoms with Gasteiger partial charge in [-0.3, -0.25) is 9.59 Å². The van der Waals surface area contributed by atoms with Gasteiger partial charge in [0, 0.05) is 12.2 Å². The van der Waals surface area contributed by atoms with Crippen LogP contribution in [-0.2, 0) is 19.1 Å². The lowest BCUT2D eigenvalue weighted by atomic mass is 9.81.